The number of nitrogens with one attached hydrogen (secondary N) is 1. The number of aliphatic hydroxyl groups excluding tert-OH is 1. The summed E-state index contributed by atoms with van der Waals surface area (Å²) in [5, 5.41) is 11.3. The van der Waals surface area contributed by atoms with Crippen LogP contribution >= 0.6 is 0 Å². The lowest BCUT2D eigenvalue weighted by Gasteiger charge is -2.09. The molecule has 0 bridgehead atoms. The van der Waals surface area contributed by atoms with E-state index in [1.54, 1.807) is 6.07 Å². The topological polar surface area (TPSA) is 58.6 Å². The molecule has 1 aromatic carbocycles. The highest BCUT2D eigenvalue weighted by molar-refractivity contribution is 5.94. The van der Waals surface area contributed by atoms with Gasteiger partial charge in [-0.3, -0.25) is 4.79 Å². The summed E-state index contributed by atoms with van der Waals surface area (Å²) in [7, 11) is 0. The molecular weight excluding hydrogens is 273 g/mol. The van der Waals surface area contributed by atoms with Gasteiger partial charge < -0.3 is 15.2 Å². The predicted molar refractivity (Wildman–Crippen MR) is 76.2 cm³/mol. The molecule has 112 valence electrons. The molecule has 1 aliphatic heterocycles. The number of aliphatic hydroxyl groups is 1. The molecule has 1 aromatic rings. The summed E-state index contributed by atoms with van der Waals surface area (Å²) in [6.07, 6.45) is 1.86. The Kier molecular flexibility index (Phi) is 5.73. The van der Waals surface area contributed by atoms with Crippen LogP contribution in [0.4, 0.5) is 4.39 Å². The zero-order valence-electron chi connectivity index (χ0n) is 11.7. The van der Waals surface area contributed by atoms with Gasteiger partial charge in [-0.05, 0) is 37.0 Å². The molecule has 2 rings (SSSR count). The molecule has 21 heavy (non-hydrogen) atoms. The van der Waals surface area contributed by atoms with Gasteiger partial charge in [0.1, 0.15) is 12.4 Å². The fourth-order valence-electron chi connectivity index (χ4n) is 2.21. The third-order valence-electron chi connectivity index (χ3n) is 3.39. The van der Waals surface area contributed by atoms with Crippen LogP contribution in [0.25, 0.3) is 0 Å². The number of halogens is 1. The predicted octanol–water partition coefficient (Wildman–Crippen LogP) is 1.33. The maximum Gasteiger partial charge on any atom is 0.254 e. The molecule has 0 spiro atoms. The Morgan fingerprint density at radius 3 is 3.05 bits per heavy atom. The number of hydrogen-bond acceptors (Lipinski definition) is 3. The number of rotatable bonds is 4. The van der Waals surface area contributed by atoms with Crippen LogP contribution in [-0.4, -0.2) is 37.4 Å². The van der Waals surface area contributed by atoms with Crippen molar-refractivity contribution in [1.29, 1.82) is 0 Å². The Labute approximate surface area is 123 Å². The first-order valence-corrected chi connectivity index (χ1v) is 6.96. The van der Waals surface area contributed by atoms with E-state index in [0.717, 1.165) is 26.1 Å². The minimum atomic E-state index is -0.610. The first-order chi connectivity index (χ1) is 10.2. The summed E-state index contributed by atoms with van der Waals surface area (Å²) in [5.41, 5.74) is 0.438. The average Bonchev–Trinajstić information content (AvgIpc) is 2.98. The van der Waals surface area contributed by atoms with Crippen molar-refractivity contribution in [3.05, 3.63) is 35.1 Å². The molecule has 1 unspecified atom stereocenters. The summed E-state index contributed by atoms with van der Waals surface area (Å²) in [5.74, 6) is 4.47. The molecule has 1 atom stereocenters. The van der Waals surface area contributed by atoms with E-state index in [1.165, 1.54) is 12.1 Å². The number of benzene rings is 1. The first-order valence-electron chi connectivity index (χ1n) is 6.96. The van der Waals surface area contributed by atoms with Gasteiger partial charge >= 0.3 is 0 Å². The van der Waals surface area contributed by atoms with Gasteiger partial charge in [-0.15, -0.1) is 0 Å². The number of carbonyl (C=O) groups is 1. The van der Waals surface area contributed by atoms with Crippen molar-refractivity contribution in [1.82, 2.24) is 5.32 Å². The molecule has 2 N–H and O–H groups in total. The SMILES string of the molecule is O=C(NCCC1CCOC1)c1ccc(C#CCO)cc1F. The lowest BCUT2D eigenvalue weighted by molar-refractivity contribution is 0.0946. The maximum absolute atomic E-state index is 13.8. The van der Waals surface area contributed by atoms with Crippen molar-refractivity contribution in [2.45, 2.75) is 12.8 Å². The Morgan fingerprint density at radius 1 is 1.52 bits per heavy atom. The van der Waals surface area contributed by atoms with Gasteiger partial charge in [-0.2, -0.15) is 0 Å². The Hall–Kier alpha value is -1.90. The molecule has 5 heteroatoms. The highest BCUT2D eigenvalue weighted by Crippen LogP contribution is 2.15. The van der Waals surface area contributed by atoms with Crippen LogP contribution in [0.3, 0.4) is 0 Å². The van der Waals surface area contributed by atoms with E-state index in [9.17, 15) is 9.18 Å². The highest BCUT2D eigenvalue weighted by atomic mass is 19.1. The van der Waals surface area contributed by atoms with E-state index in [-0.39, 0.29) is 12.2 Å². The second-order valence-electron chi connectivity index (χ2n) is 4.93. The molecule has 1 saturated heterocycles. The lowest BCUT2D eigenvalue weighted by Crippen LogP contribution is -2.26. The van der Waals surface area contributed by atoms with E-state index >= 15 is 0 Å². The zero-order valence-corrected chi connectivity index (χ0v) is 11.7. The minimum Gasteiger partial charge on any atom is -0.384 e. The van der Waals surface area contributed by atoms with E-state index in [4.69, 9.17) is 9.84 Å². The Balaban J connectivity index is 1.89. The fourth-order valence-corrected chi connectivity index (χ4v) is 2.21. The van der Waals surface area contributed by atoms with Crippen molar-refractivity contribution in [3.63, 3.8) is 0 Å². The molecular formula is C16H18FNO3. The summed E-state index contributed by atoms with van der Waals surface area (Å²) >= 11 is 0. The molecule has 1 heterocycles. The number of hydrogen-bond donors (Lipinski definition) is 2. The van der Waals surface area contributed by atoms with Gasteiger partial charge in [-0.25, -0.2) is 4.39 Å². The van der Waals surface area contributed by atoms with Crippen molar-refractivity contribution >= 4 is 5.91 Å². The van der Waals surface area contributed by atoms with Crippen molar-refractivity contribution in [2.24, 2.45) is 5.92 Å². The van der Waals surface area contributed by atoms with E-state index in [2.05, 4.69) is 17.2 Å². The second kappa shape index (κ2) is 7.77. The monoisotopic (exact) mass is 291 g/mol. The van der Waals surface area contributed by atoms with Gasteiger partial charge in [0.15, 0.2) is 0 Å². The van der Waals surface area contributed by atoms with E-state index < -0.39 is 11.7 Å². The standard InChI is InChI=1S/C16H18FNO3/c17-15-10-12(2-1-8-19)3-4-14(15)16(20)18-7-5-13-6-9-21-11-13/h3-4,10,13,19H,5-9,11H2,(H,18,20). The van der Waals surface area contributed by atoms with Gasteiger partial charge in [-0.1, -0.05) is 11.8 Å². The molecule has 0 radical (unpaired) electrons. The number of amides is 1. The Bertz CT molecular complexity index is 556. The smallest absolute Gasteiger partial charge is 0.254 e. The minimum absolute atomic E-state index is 0.00669. The lowest BCUT2D eigenvalue weighted by atomic mass is 10.1. The van der Waals surface area contributed by atoms with Gasteiger partial charge in [0.05, 0.1) is 5.56 Å². The van der Waals surface area contributed by atoms with Crippen LogP contribution in [0.1, 0.15) is 28.8 Å². The van der Waals surface area contributed by atoms with Crippen LogP contribution in [-0.2, 0) is 4.74 Å². The normalized spacial score (nSPS) is 17.1. The summed E-state index contributed by atoms with van der Waals surface area (Å²) in [4.78, 5) is 11.9. The Morgan fingerprint density at radius 2 is 2.38 bits per heavy atom. The second-order valence-corrected chi connectivity index (χ2v) is 4.93. The summed E-state index contributed by atoms with van der Waals surface area (Å²) in [6, 6.07) is 4.17. The maximum atomic E-state index is 13.8. The van der Waals surface area contributed by atoms with E-state index in [1.807, 2.05) is 0 Å². The van der Waals surface area contributed by atoms with Crippen LogP contribution in [0, 0.1) is 23.6 Å². The van der Waals surface area contributed by atoms with Crippen LogP contribution < -0.4 is 5.32 Å². The van der Waals surface area contributed by atoms with E-state index in [0.29, 0.717) is 18.0 Å². The molecule has 1 fully saturated rings. The summed E-state index contributed by atoms with van der Waals surface area (Å²) in [6.45, 7) is 1.75. The van der Waals surface area contributed by atoms with Crippen molar-refractivity contribution in [2.75, 3.05) is 26.4 Å². The van der Waals surface area contributed by atoms with Crippen LogP contribution in [0.15, 0.2) is 18.2 Å². The van der Waals surface area contributed by atoms with Crippen molar-refractivity contribution in [3.8, 4) is 11.8 Å². The number of carbonyl (C=O) groups excluding carboxylic acids is 1. The molecule has 0 aromatic heterocycles. The molecule has 4 nitrogen and oxygen atoms in total. The van der Waals surface area contributed by atoms with Gasteiger partial charge in [0, 0.05) is 25.3 Å². The van der Waals surface area contributed by atoms with Crippen LogP contribution in [0.2, 0.25) is 0 Å². The third-order valence-corrected chi connectivity index (χ3v) is 3.39. The average molecular weight is 291 g/mol. The molecule has 1 amide bonds. The first kappa shape index (κ1) is 15.5. The fraction of sp³-hybridized carbons (Fsp3) is 0.438. The highest BCUT2D eigenvalue weighted by Gasteiger charge is 2.16. The molecule has 0 saturated carbocycles. The zero-order chi connectivity index (χ0) is 15.1. The molecule has 0 aliphatic carbocycles. The summed E-state index contributed by atoms with van der Waals surface area (Å²) < 4.78 is 19.1. The van der Waals surface area contributed by atoms with Gasteiger partial charge in [0.2, 0.25) is 0 Å². The third kappa shape index (κ3) is 4.55. The largest absolute Gasteiger partial charge is 0.384 e. The van der Waals surface area contributed by atoms with Gasteiger partial charge in [0.25, 0.3) is 5.91 Å². The quantitative estimate of drug-likeness (QED) is 0.823. The number of ether oxygens (including phenoxy) is 1. The van der Waals surface area contributed by atoms with Crippen molar-refractivity contribution < 1.29 is 19.0 Å². The van der Waals surface area contributed by atoms with Crippen LogP contribution in [0.5, 0.6) is 0 Å². The molecule has 1 aliphatic rings.